The van der Waals surface area contributed by atoms with Gasteiger partial charge in [-0.1, -0.05) is 11.8 Å². The highest BCUT2D eigenvalue weighted by Crippen LogP contribution is 2.03. The summed E-state index contributed by atoms with van der Waals surface area (Å²) in [6.07, 6.45) is 1.87. The molecule has 0 radical (unpaired) electrons. The van der Waals surface area contributed by atoms with Gasteiger partial charge in [0.15, 0.2) is 0 Å². The van der Waals surface area contributed by atoms with Gasteiger partial charge in [-0.25, -0.2) is 0 Å². The minimum Gasteiger partial charge on any atom is -0.385 e. The van der Waals surface area contributed by atoms with E-state index in [9.17, 15) is 4.79 Å². The number of benzene rings is 1. The first-order valence-electron chi connectivity index (χ1n) is 6.34. The molecule has 1 aromatic rings. The van der Waals surface area contributed by atoms with E-state index in [2.05, 4.69) is 17.2 Å². The second-order valence-electron chi connectivity index (χ2n) is 4.04. The summed E-state index contributed by atoms with van der Waals surface area (Å²) in [6.45, 7) is 1.73. The summed E-state index contributed by atoms with van der Waals surface area (Å²) in [4.78, 5) is 11.8. The van der Waals surface area contributed by atoms with Crippen LogP contribution in [0.3, 0.4) is 0 Å². The van der Waals surface area contributed by atoms with Crippen molar-refractivity contribution in [3.8, 4) is 11.8 Å². The molecular formula is C15H20N2O2. The Hall–Kier alpha value is -1.83. The van der Waals surface area contributed by atoms with Gasteiger partial charge in [0.2, 0.25) is 0 Å². The second-order valence-corrected chi connectivity index (χ2v) is 4.04. The molecule has 19 heavy (non-hydrogen) atoms. The van der Waals surface area contributed by atoms with E-state index in [0.29, 0.717) is 18.7 Å². The third-order valence-electron chi connectivity index (χ3n) is 2.54. The van der Waals surface area contributed by atoms with Gasteiger partial charge in [-0.3, -0.25) is 4.79 Å². The van der Waals surface area contributed by atoms with E-state index in [1.807, 2.05) is 12.1 Å². The number of nitrogens with two attached hydrogens (primary N) is 1. The van der Waals surface area contributed by atoms with Crippen LogP contribution in [0.1, 0.15) is 28.8 Å². The Balaban J connectivity index is 2.40. The molecule has 0 bridgehead atoms. The smallest absolute Gasteiger partial charge is 0.251 e. The van der Waals surface area contributed by atoms with Crippen LogP contribution < -0.4 is 11.1 Å². The standard InChI is InChI=1S/C15H20N2O2/c1-19-12-3-2-11-17-15(18)14-8-6-13(7-9-14)5-4-10-16/h6-9H,2-3,10-12,16H2,1H3,(H,17,18). The van der Waals surface area contributed by atoms with Crippen LogP contribution in [0.2, 0.25) is 0 Å². The molecule has 0 fully saturated rings. The van der Waals surface area contributed by atoms with Crippen molar-refractivity contribution >= 4 is 5.91 Å². The number of rotatable bonds is 6. The van der Waals surface area contributed by atoms with Gasteiger partial charge in [0.1, 0.15) is 0 Å². The molecule has 0 heterocycles. The molecule has 0 unspecified atom stereocenters. The summed E-state index contributed by atoms with van der Waals surface area (Å²) in [5.41, 5.74) is 6.80. The molecule has 0 saturated heterocycles. The average Bonchev–Trinajstić information content (AvgIpc) is 2.45. The van der Waals surface area contributed by atoms with Crippen LogP contribution in [-0.2, 0) is 4.74 Å². The Morgan fingerprint density at radius 3 is 2.68 bits per heavy atom. The first-order chi connectivity index (χ1) is 9.27. The van der Waals surface area contributed by atoms with E-state index in [1.165, 1.54) is 0 Å². The van der Waals surface area contributed by atoms with E-state index >= 15 is 0 Å². The number of amides is 1. The molecule has 1 rings (SSSR count). The van der Waals surface area contributed by atoms with Gasteiger partial charge in [0, 0.05) is 31.4 Å². The highest BCUT2D eigenvalue weighted by atomic mass is 16.5. The number of carbonyl (C=O) groups excluding carboxylic acids is 1. The molecule has 0 spiro atoms. The van der Waals surface area contributed by atoms with Crippen molar-refractivity contribution in [2.75, 3.05) is 26.8 Å². The molecular weight excluding hydrogens is 240 g/mol. The van der Waals surface area contributed by atoms with Crippen LogP contribution in [-0.4, -0.2) is 32.7 Å². The van der Waals surface area contributed by atoms with Crippen LogP contribution in [0.4, 0.5) is 0 Å². The Bertz CT molecular complexity index is 443. The average molecular weight is 260 g/mol. The molecule has 3 N–H and O–H groups in total. The molecule has 0 aliphatic heterocycles. The lowest BCUT2D eigenvalue weighted by atomic mass is 10.1. The van der Waals surface area contributed by atoms with Gasteiger partial charge in [0.25, 0.3) is 5.91 Å². The maximum Gasteiger partial charge on any atom is 0.251 e. The van der Waals surface area contributed by atoms with Crippen LogP contribution >= 0.6 is 0 Å². The first-order valence-corrected chi connectivity index (χ1v) is 6.34. The maximum absolute atomic E-state index is 11.8. The number of methoxy groups -OCH3 is 1. The molecule has 102 valence electrons. The highest BCUT2D eigenvalue weighted by molar-refractivity contribution is 5.94. The minimum absolute atomic E-state index is 0.0595. The van der Waals surface area contributed by atoms with E-state index < -0.39 is 0 Å². The normalized spacial score (nSPS) is 9.58. The Kier molecular flexibility index (Phi) is 7.33. The van der Waals surface area contributed by atoms with Gasteiger partial charge in [-0.2, -0.15) is 0 Å². The lowest BCUT2D eigenvalue weighted by molar-refractivity contribution is 0.0951. The number of hydrogen-bond donors (Lipinski definition) is 2. The molecule has 0 saturated carbocycles. The van der Waals surface area contributed by atoms with E-state index in [1.54, 1.807) is 19.2 Å². The van der Waals surface area contributed by atoms with E-state index in [-0.39, 0.29) is 5.91 Å². The van der Waals surface area contributed by atoms with Crippen LogP contribution in [0.5, 0.6) is 0 Å². The van der Waals surface area contributed by atoms with Gasteiger partial charge < -0.3 is 15.8 Å². The maximum atomic E-state index is 11.8. The van der Waals surface area contributed by atoms with Crippen LogP contribution in [0.25, 0.3) is 0 Å². The predicted molar refractivity (Wildman–Crippen MR) is 75.8 cm³/mol. The first kappa shape index (κ1) is 15.2. The SMILES string of the molecule is COCCCCNC(=O)c1ccc(C#CCN)cc1. The molecule has 4 nitrogen and oxygen atoms in total. The minimum atomic E-state index is -0.0595. The number of unbranched alkanes of at least 4 members (excludes halogenated alkanes) is 1. The number of carbonyl (C=O) groups is 1. The van der Waals surface area contributed by atoms with Crippen molar-refractivity contribution in [1.29, 1.82) is 0 Å². The predicted octanol–water partition coefficient (Wildman–Crippen LogP) is 1.15. The van der Waals surface area contributed by atoms with Crippen LogP contribution in [0.15, 0.2) is 24.3 Å². The fourth-order valence-electron chi connectivity index (χ4n) is 1.53. The largest absolute Gasteiger partial charge is 0.385 e. The zero-order valence-electron chi connectivity index (χ0n) is 11.2. The zero-order valence-corrected chi connectivity index (χ0v) is 11.2. The fraction of sp³-hybridized carbons (Fsp3) is 0.400. The fourth-order valence-corrected chi connectivity index (χ4v) is 1.53. The molecule has 4 heteroatoms. The lowest BCUT2D eigenvalue weighted by Crippen LogP contribution is -2.24. The third kappa shape index (κ3) is 6.05. The molecule has 0 aromatic heterocycles. The molecule has 1 amide bonds. The molecule has 0 aliphatic carbocycles. The second kappa shape index (κ2) is 9.15. The van der Waals surface area contributed by atoms with Gasteiger partial charge in [-0.15, -0.1) is 0 Å². The monoisotopic (exact) mass is 260 g/mol. The number of hydrogen-bond acceptors (Lipinski definition) is 3. The molecule has 0 atom stereocenters. The van der Waals surface area contributed by atoms with E-state index in [4.69, 9.17) is 10.5 Å². The van der Waals surface area contributed by atoms with Crippen molar-refractivity contribution in [3.63, 3.8) is 0 Å². The van der Waals surface area contributed by atoms with E-state index in [0.717, 1.165) is 25.0 Å². The summed E-state index contributed by atoms with van der Waals surface area (Å²) < 4.78 is 4.94. The Labute approximate surface area is 114 Å². The summed E-state index contributed by atoms with van der Waals surface area (Å²) in [5.74, 6) is 5.63. The topological polar surface area (TPSA) is 64.3 Å². The van der Waals surface area contributed by atoms with Crippen molar-refractivity contribution < 1.29 is 9.53 Å². The van der Waals surface area contributed by atoms with Gasteiger partial charge >= 0.3 is 0 Å². The Morgan fingerprint density at radius 1 is 1.32 bits per heavy atom. The number of ether oxygens (including phenoxy) is 1. The van der Waals surface area contributed by atoms with Crippen molar-refractivity contribution in [3.05, 3.63) is 35.4 Å². The summed E-state index contributed by atoms with van der Waals surface area (Å²) in [6, 6.07) is 7.18. The molecule has 0 aliphatic rings. The zero-order chi connectivity index (χ0) is 13.9. The number of nitrogens with one attached hydrogen (secondary N) is 1. The summed E-state index contributed by atoms with van der Waals surface area (Å²) in [5, 5.41) is 2.87. The quantitative estimate of drug-likeness (QED) is 0.596. The van der Waals surface area contributed by atoms with Gasteiger partial charge in [0.05, 0.1) is 6.54 Å². The van der Waals surface area contributed by atoms with Gasteiger partial charge in [-0.05, 0) is 37.1 Å². The third-order valence-corrected chi connectivity index (χ3v) is 2.54. The van der Waals surface area contributed by atoms with Crippen molar-refractivity contribution in [2.24, 2.45) is 5.73 Å². The van der Waals surface area contributed by atoms with Crippen molar-refractivity contribution in [1.82, 2.24) is 5.32 Å². The van der Waals surface area contributed by atoms with Crippen molar-refractivity contribution in [2.45, 2.75) is 12.8 Å². The Morgan fingerprint density at radius 2 is 2.05 bits per heavy atom. The lowest BCUT2D eigenvalue weighted by Gasteiger charge is -2.05. The van der Waals surface area contributed by atoms with Crippen LogP contribution in [0, 0.1) is 11.8 Å². The highest BCUT2D eigenvalue weighted by Gasteiger charge is 2.03. The summed E-state index contributed by atoms with van der Waals surface area (Å²) >= 11 is 0. The molecule has 1 aromatic carbocycles. The summed E-state index contributed by atoms with van der Waals surface area (Å²) in [7, 11) is 1.67.